The lowest BCUT2D eigenvalue weighted by Crippen LogP contribution is -2.40. The SMILES string of the molecule is CNC(NC=O)C(C)=C(C)C(C)C. The summed E-state index contributed by atoms with van der Waals surface area (Å²) in [5.74, 6) is 0.518. The van der Waals surface area contributed by atoms with Gasteiger partial charge in [-0.15, -0.1) is 0 Å². The van der Waals surface area contributed by atoms with Crippen molar-refractivity contribution in [1.82, 2.24) is 10.6 Å². The third kappa shape index (κ3) is 3.59. The van der Waals surface area contributed by atoms with Gasteiger partial charge in [0.1, 0.15) is 6.17 Å². The fourth-order valence-corrected chi connectivity index (χ4v) is 1.18. The van der Waals surface area contributed by atoms with Crippen molar-refractivity contribution < 1.29 is 4.79 Å². The molecule has 0 aliphatic rings. The van der Waals surface area contributed by atoms with Crippen LogP contribution in [0.2, 0.25) is 0 Å². The van der Waals surface area contributed by atoms with Crippen LogP contribution in [0.15, 0.2) is 11.1 Å². The largest absolute Gasteiger partial charge is 0.340 e. The molecule has 0 bridgehead atoms. The predicted molar refractivity (Wildman–Crippen MR) is 55.3 cm³/mol. The van der Waals surface area contributed by atoms with Gasteiger partial charge in [-0.25, -0.2) is 0 Å². The Morgan fingerprint density at radius 1 is 1.23 bits per heavy atom. The Hall–Kier alpha value is -0.830. The van der Waals surface area contributed by atoms with Crippen molar-refractivity contribution in [2.75, 3.05) is 7.05 Å². The van der Waals surface area contributed by atoms with Gasteiger partial charge in [0.05, 0.1) is 0 Å². The van der Waals surface area contributed by atoms with Crippen molar-refractivity contribution in [3.8, 4) is 0 Å². The van der Waals surface area contributed by atoms with E-state index in [9.17, 15) is 4.79 Å². The molecule has 13 heavy (non-hydrogen) atoms. The van der Waals surface area contributed by atoms with Gasteiger partial charge >= 0.3 is 0 Å². The number of hydrogen-bond donors (Lipinski definition) is 2. The van der Waals surface area contributed by atoms with Gasteiger partial charge < -0.3 is 5.32 Å². The first-order valence-corrected chi connectivity index (χ1v) is 4.58. The van der Waals surface area contributed by atoms with Crippen LogP contribution >= 0.6 is 0 Å². The quantitative estimate of drug-likeness (QED) is 0.384. The van der Waals surface area contributed by atoms with Crippen LogP contribution in [0.4, 0.5) is 0 Å². The summed E-state index contributed by atoms with van der Waals surface area (Å²) < 4.78 is 0. The monoisotopic (exact) mass is 184 g/mol. The summed E-state index contributed by atoms with van der Waals surface area (Å²) in [6, 6.07) is 0. The molecule has 2 N–H and O–H groups in total. The standard InChI is InChI=1S/C10H20N2O/c1-7(2)8(3)9(4)10(11-5)12-6-13/h6-7,10-11H,1-5H3,(H,12,13). The van der Waals surface area contributed by atoms with E-state index in [2.05, 4.69) is 31.4 Å². The van der Waals surface area contributed by atoms with Gasteiger partial charge in [-0.2, -0.15) is 0 Å². The average molecular weight is 184 g/mol. The highest BCUT2D eigenvalue weighted by Crippen LogP contribution is 2.15. The minimum absolute atomic E-state index is 0.0418. The summed E-state index contributed by atoms with van der Waals surface area (Å²) >= 11 is 0. The molecular formula is C10H20N2O. The molecule has 0 heterocycles. The smallest absolute Gasteiger partial charge is 0.208 e. The highest BCUT2D eigenvalue weighted by atomic mass is 16.1. The molecule has 0 aliphatic heterocycles. The summed E-state index contributed by atoms with van der Waals surface area (Å²) in [4.78, 5) is 10.3. The van der Waals surface area contributed by atoms with Crippen molar-refractivity contribution >= 4 is 6.41 Å². The summed E-state index contributed by atoms with van der Waals surface area (Å²) in [6.45, 7) is 8.42. The number of amides is 1. The van der Waals surface area contributed by atoms with Crippen molar-refractivity contribution in [2.45, 2.75) is 33.9 Å². The van der Waals surface area contributed by atoms with E-state index in [1.165, 1.54) is 11.1 Å². The maximum Gasteiger partial charge on any atom is 0.208 e. The van der Waals surface area contributed by atoms with E-state index in [-0.39, 0.29) is 6.17 Å². The Morgan fingerprint density at radius 3 is 2.08 bits per heavy atom. The molecule has 1 atom stereocenters. The van der Waals surface area contributed by atoms with Crippen LogP contribution in [-0.2, 0) is 4.79 Å². The maximum atomic E-state index is 10.3. The van der Waals surface area contributed by atoms with Crippen LogP contribution in [0.5, 0.6) is 0 Å². The van der Waals surface area contributed by atoms with Crippen molar-refractivity contribution in [2.24, 2.45) is 5.92 Å². The average Bonchev–Trinajstić information content (AvgIpc) is 2.11. The Labute approximate surface area is 80.6 Å². The number of carbonyl (C=O) groups excluding carboxylic acids is 1. The van der Waals surface area contributed by atoms with Crippen molar-refractivity contribution in [3.05, 3.63) is 11.1 Å². The molecule has 0 aliphatic carbocycles. The number of nitrogens with one attached hydrogen (secondary N) is 2. The number of rotatable bonds is 5. The lowest BCUT2D eigenvalue weighted by molar-refractivity contribution is -0.110. The number of carbonyl (C=O) groups is 1. The Bertz CT molecular complexity index is 197. The maximum absolute atomic E-state index is 10.3. The third-order valence-corrected chi connectivity index (χ3v) is 2.44. The normalized spacial score (nSPS) is 15.2. The second-order valence-electron chi connectivity index (χ2n) is 3.53. The molecule has 0 saturated heterocycles. The summed E-state index contributed by atoms with van der Waals surface area (Å²) in [7, 11) is 1.83. The summed E-state index contributed by atoms with van der Waals surface area (Å²) in [5, 5.41) is 5.76. The minimum atomic E-state index is -0.0418. The molecule has 3 heteroatoms. The predicted octanol–water partition coefficient (Wildman–Crippen LogP) is 1.27. The third-order valence-electron chi connectivity index (χ3n) is 2.44. The number of allylic oxidation sites excluding steroid dienone is 1. The van der Waals surface area contributed by atoms with Gasteiger partial charge in [0.15, 0.2) is 0 Å². The molecule has 0 aromatic rings. The zero-order valence-corrected chi connectivity index (χ0v) is 9.14. The van der Waals surface area contributed by atoms with E-state index >= 15 is 0 Å². The van der Waals surface area contributed by atoms with Crippen LogP contribution in [-0.4, -0.2) is 19.6 Å². The summed E-state index contributed by atoms with van der Waals surface area (Å²) in [5.41, 5.74) is 2.50. The first-order valence-electron chi connectivity index (χ1n) is 4.58. The van der Waals surface area contributed by atoms with Gasteiger partial charge in [-0.05, 0) is 32.4 Å². The molecule has 0 aromatic carbocycles. The first-order chi connectivity index (χ1) is 6.04. The number of hydrogen-bond acceptors (Lipinski definition) is 2. The lowest BCUT2D eigenvalue weighted by Gasteiger charge is -2.20. The topological polar surface area (TPSA) is 41.1 Å². The molecule has 1 amide bonds. The summed E-state index contributed by atoms with van der Waals surface area (Å²) in [6.07, 6.45) is 0.679. The Kier molecular flexibility index (Phi) is 5.39. The van der Waals surface area contributed by atoms with Gasteiger partial charge in [0.25, 0.3) is 0 Å². The van der Waals surface area contributed by atoms with E-state index in [1.807, 2.05) is 14.0 Å². The van der Waals surface area contributed by atoms with Gasteiger partial charge in [0.2, 0.25) is 6.41 Å². The molecule has 0 aromatic heterocycles. The van der Waals surface area contributed by atoms with Crippen LogP contribution in [0.1, 0.15) is 27.7 Å². The lowest BCUT2D eigenvalue weighted by atomic mass is 9.98. The van der Waals surface area contributed by atoms with E-state index < -0.39 is 0 Å². The molecule has 3 nitrogen and oxygen atoms in total. The first kappa shape index (κ1) is 12.2. The zero-order chi connectivity index (χ0) is 10.4. The Balaban J connectivity index is 4.59. The number of likely N-dealkylation sites (N-methyl/N-ethyl adjacent to an activating group) is 1. The molecule has 0 radical (unpaired) electrons. The molecule has 0 saturated carbocycles. The van der Waals surface area contributed by atoms with E-state index in [0.29, 0.717) is 5.92 Å². The second-order valence-corrected chi connectivity index (χ2v) is 3.53. The van der Waals surface area contributed by atoms with E-state index in [1.54, 1.807) is 0 Å². The van der Waals surface area contributed by atoms with Crippen LogP contribution in [0.3, 0.4) is 0 Å². The molecule has 0 spiro atoms. The van der Waals surface area contributed by atoms with Crippen LogP contribution in [0, 0.1) is 5.92 Å². The Morgan fingerprint density at radius 2 is 1.77 bits per heavy atom. The second kappa shape index (κ2) is 5.75. The van der Waals surface area contributed by atoms with Gasteiger partial charge in [-0.1, -0.05) is 19.4 Å². The van der Waals surface area contributed by atoms with Crippen molar-refractivity contribution in [1.29, 1.82) is 0 Å². The zero-order valence-electron chi connectivity index (χ0n) is 9.14. The highest BCUT2D eigenvalue weighted by Gasteiger charge is 2.10. The molecule has 1 unspecified atom stereocenters. The fourth-order valence-electron chi connectivity index (χ4n) is 1.18. The minimum Gasteiger partial charge on any atom is -0.340 e. The highest BCUT2D eigenvalue weighted by molar-refractivity contribution is 5.48. The van der Waals surface area contributed by atoms with E-state index in [0.717, 1.165) is 6.41 Å². The van der Waals surface area contributed by atoms with Gasteiger partial charge in [-0.3, -0.25) is 10.1 Å². The van der Waals surface area contributed by atoms with Crippen LogP contribution < -0.4 is 10.6 Å². The van der Waals surface area contributed by atoms with Gasteiger partial charge in [0, 0.05) is 0 Å². The fraction of sp³-hybridized carbons (Fsp3) is 0.700. The molecular weight excluding hydrogens is 164 g/mol. The molecule has 76 valence electrons. The molecule has 0 fully saturated rings. The van der Waals surface area contributed by atoms with Crippen LogP contribution in [0.25, 0.3) is 0 Å². The van der Waals surface area contributed by atoms with Crippen molar-refractivity contribution in [3.63, 3.8) is 0 Å². The van der Waals surface area contributed by atoms with E-state index in [4.69, 9.17) is 0 Å². The molecule has 0 rings (SSSR count).